The van der Waals surface area contributed by atoms with Gasteiger partial charge in [-0.25, -0.2) is 14.8 Å². The molecule has 0 fully saturated rings. The second kappa shape index (κ2) is 4.61. The molecule has 7 heteroatoms. The molecule has 0 radical (unpaired) electrons. The average molecular weight is 270 g/mol. The Bertz CT molecular complexity index is 797. The molecule has 20 heavy (non-hydrogen) atoms. The molecule has 3 aromatic rings. The van der Waals surface area contributed by atoms with Crippen molar-refractivity contribution < 1.29 is 14.6 Å². The highest BCUT2D eigenvalue weighted by atomic mass is 16.5. The van der Waals surface area contributed by atoms with E-state index in [1.54, 1.807) is 12.1 Å². The molecular weight excluding hydrogens is 260 g/mol. The number of rotatable bonds is 3. The fourth-order valence-electron chi connectivity index (χ4n) is 1.79. The number of carboxylic acid groups (broad SMARTS) is 1. The lowest BCUT2D eigenvalue weighted by atomic mass is 10.1. The molecule has 2 N–H and O–H groups in total. The third-order valence-corrected chi connectivity index (χ3v) is 2.73. The maximum atomic E-state index is 10.9. The van der Waals surface area contributed by atoms with Crippen LogP contribution in [0, 0.1) is 6.92 Å². The number of carboxylic acids is 1. The van der Waals surface area contributed by atoms with Crippen LogP contribution in [-0.2, 0) is 0 Å². The minimum absolute atomic E-state index is 0.165. The largest absolute Gasteiger partial charge is 0.478 e. The van der Waals surface area contributed by atoms with Gasteiger partial charge in [-0.15, -0.1) is 5.10 Å². The van der Waals surface area contributed by atoms with Crippen LogP contribution in [0.25, 0.3) is 10.9 Å². The van der Waals surface area contributed by atoms with E-state index in [0.29, 0.717) is 22.7 Å². The van der Waals surface area contributed by atoms with Gasteiger partial charge in [-0.3, -0.25) is 5.10 Å². The van der Waals surface area contributed by atoms with E-state index in [0.717, 1.165) is 5.69 Å². The van der Waals surface area contributed by atoms with Gasteiger partial charge >= 0.3 is 5.97 Å². The maximum absolute atomic E-state index is 10.9. The Labute approximate surface area is 113 Å². The van der Waals surface area contributed by atoms with E-state index in [1.165, 1.54) is 18.5 Å². The summed E-state index contributed by atoms with van der Waals surface area (Å²) < 4.78 is 5.57. The number of carbonyl (C=O) groups is 1. The first-order chi connectivity index (χ1) is 9.63. The van der Waals surface area contributed by atoms with Crippen molar-refractivity contribution in [2.24, 2.45) is 0 Å². The molecular formula is C13H10N4O3. The summed E-state index contributed by atoms with van der Waals surface area (Å²) >= 11 is 0. The first-order valence-corrected chi connectivity index (χ1v) is 5.81. The zero-order chi connectivity index (χ0) is 14.1. The SMILES string of the molecule is Cc1cc(Oc2ncnc3cc(C(=O)O)ccc23)n[nH]1. The lowest BCUT2D eigenvalue weighted by Gasteiger charge is -2.05. The molecule has 0 saturated heterocycles. The van der Waals surface area contributed by atoms with E-state index in [9.17, 15) is 4.79 Å². The van der Waals surface area contributed by atoms with Crippen molar-refractivity contribution in [1.82, 2.24) is 20.2 Å². The van der Waals surface area contributed by atoms with Gasteiger partial charge in [0.05, 0.1) is 16.5 Å². The van der Waals surface area contributed by atoms with E-state index < -0.39 is 5.97 Å². The van der Waals surface area contributed by atoms with Crippen molar-refractivity contribution in [2.75, 3.05) is 0 Å². The number of fused-ring (bicyclic) bond motifs is 1. The Morgan fingerprint density at radius 3 is 2.85 bits per heavy atom. The summed E-state index contributed by atoms with van der Waals surface area (Å²) in [5, 5.41) is 16.3. The molecule has 0 amide bonds. The monoisotopic (exact) mass is 270 g/mol. The van der Waals surface area contributed by atoms with Crippen molar-refractivity contribution in [2.45, 2.75) is 6.92 Å². The Morgan fingerprint density at radius 1 is 1.30 bits per heavy atom. The molecule has 0 bridgehead atoms. The summed E-state index contributed by atoms with van der Waals surface area (Å²) in [6, 6.07) is 6.31. The minimum atomic E-state index is -1.00. The predicted molar refractivity (Wildman–Crippen MR) is 69.9 cm³/mol. The van der Waals surface area contributed by atoms with Gasteiger partial charge in [0.25, 0.3) is 0 Å². The Morgan fingerprint density at radius 2 is 2.15 bits per heavy atom. The molecule has 7 nitrogen and oxygen atoms in total. The Balaban J connectivity index is 2.05. The fourth-order valence-corrected chi connectivity index (χ4v) is 1.79. The number of hydrogen-bond donors (Lipinski definition) is 2. The zero-order valence-electron chi connectivity index (χ0n) is 10.5. The van der Waals surface area contributed by atoms with Crippen LogP contribution < -0.4 is 4.74 Å². The van der Waals surface area contributed by atoms with Crippen LogP contribution in [0.1, 0.15) is 16.1 Å². The predicted octanol–water partition coefficient (Wildman–Crippen LogP) is 2.15. The minimum Gasteiger partial charge on any atom is -0.478 e. The van der Waals surface area contributed by atoms with E-state index >= 15 is 0 Å². The molecule has 100 valence electrons. The Hall–Kier alpha value is -2.96. The second-order valence-electron chi connectivity index (χ2n) is 4.21. The molecule has 2 aromatic heterocycles. The van der Waals surface area contributed by atoms with Crippen LogP contribution in [0.3, 0.4) is 0 Å². The summed E-state index contributed by atoms with van der Waals surface area (Å²) in [4.78, 5) is 19.0. The summed E-state index contributed by atoms with van der Waals surface area (Å²) in [6.07, 6.45) is 1.32. The molecule has 0 spiro atoms. The Kier molecular flexibility index (Phi) is 2.79. The van der Waals surface area contributed by atoms with Crippen molar-refractivity contribution in [3.8, 4) is 11.8 Å². The van der Waals surface area contributed by atoms with Crippen molar-refractivity contribution in [1.29, 1.82) is 0 Å². The summed E-state index contributed by atoms with van der Waals surface area (Å²) in [5.74, 6) is -0.279. The van der Waals surface area contributed by atoms with Crippen LogP contribution in [0.5, 0.6) is 11.8 Å². The van der Waals surface area contributed by atoms with Gasteiger partial charge in [0, 0.05) is 11.8 Å². The first-order valence-electron chi connectivity index (χ1n) is 5.81. The number of aromatic amines is 1. The number of benzene rings is 1. The molecule has 1 aromatic carbocycles. The number of aromatic nitrogens is 4. The van der Waals surface area contributed by atoms with Gasteiger partial charge in [0.2, 0.25) is 11.8 Å². The number of nitrogens with one attached hydrogen (secondary N) is 1. The van der Waals surface area contributed by atoms with Crippen LogP contribution >= 0.6 is 0 Å². The fraction of sp³-hybridized carbons (Fsp3) is 0.0769. The number of H-pyrrole nitrogens is 1. The highest BCUT2D eigenvalue weighted by molar-refractivity contribution is 5.94. The quantitative estimate of drug-likeness (QED) is 0.756. The third-order valence-electron chi connectivity index (χ3n) is 2.73. The van der Waals surface area contributed by atoms with Gasteiger partial charge in [-0.1, -0.05) is 0 Å². The molecule has 0 aliphatic heterocycles. The van der Waals surface area contributed by atoms with Gasteiger partial charge in [-0.2, -0.15) is 0 Å². The number of aromatic carboxylic acids is 1. The van der Waals surface area contributed by atoms with Gasteiger partial charge < -0.3 is 9.84 Å². The van der Waals surface area contributed by atoms with Crippen molar-refractivity contribution in [3.05, 3.63) is 41.9 Å². The molecule has 2 heterocycles. The molecule has 0 aliphatic rings. The smallest absolute Gasteiger partial charge is 0.335 e. The van der Waals surface area contributed by atoms with E-state index in [4.69, 9.17) is 9.84 Å². The van der Waals surface area contributed by atoms with Crippen LogP contribution in [0.2, 0.25) is 0 Å². The summed E-state index contributed by atoms with van der Waals surface area (Å²) in [7, 11) is 0. The van der Waals surface area contributed by atoms with Gasteiger partial charge in [0.15, 0.2) is 0 Å². The standard InChI is InChI=1S/C13H10N4O3/c1-7-4-11(17-16-7)20-12-9-3-2-8(13(18)19)5-10(9)14-6-15-12/h2-6H,1H3,(H,16,17)(H,18,19). The zero-order valence-corrected chi connectivity index (χ0v) is 10.5. The van der Waals surface area contributed by atoms with Crippen molar-refractivity contribution in [3.63, 3.8) is 0 Å². The van der Waals surface area contributed by atoms with E-state index in [1.807, 2.05) is 6.92 Å². The number of hydrogen-bond acceptors (Lipinski definition) is 5. The number of nitrogens with zero attached hydrogens (tertiary/aromatic N) is 3. The molecule has 0 atom stereocenters. The van der Waals surface area contributed by atoms with Gasteiger partial charge in [0.1, 0.15) is 6.33 Å². The van der Waals surface area contributed by atoms with Crippen LogP contribution in [0.4, 0.5) is 0 Å². The molecule has 0 unspecified atom stereocenters. The van der Waals surface area contributed by atoms with E-state index in [2.05, 4.69) is 20.2 Å². The third kappa shape index (κ3) is 2.16. The highest BCUT2D eigenvalue weighted by Gasteiger charge is 2.10. The first kappa shape index (κ1) is 12.1. The normalized spacial score (nSPS) is 10.7. The van der Waals surface area contributed by atoms with E-state index in [-0.39, 0.29) is 5.56 Å². The van der Waals surface area contributed by atoms with Crippen molar-refractivity contribution >= 4 is 16.9 Å². The lowest BCUT2D eigenvalue weighted by molar-refractivity contribution is 0.0697. The molecule has 0 aliphatic carbocycles. The lowest BCUT2D eigenvalue weighted by Crippen LogP contribution is -1.97. The topological polar surface area (TPSA) is 101 Å². The second-order valence-corrected chi connectivity index (χ2v) is 4.21. The van der Waals surface area contributed by atoms with Crippen LogP contribution in [-0.4, -0.2) is 31.2 Å². The highest BCUT2D eigenvalue weighted by Crippen LogP contribution is 2.26. The average Bonchev–Trinajstić information content (AvgIpc) is 2.84. The summed E-state index contributed by atoms with van der Waals surface area (Å²) in [5.41, 5.74) is 1.53. The summed E-state index contributed by atoms with van der Waals surface area (Å²) in [6.45, 7) is 1.86. The number of ether oxygens (including phenoxy) is 1. The molecule has 0 saturated carbocycles. The van der Waals surface area contributed by atoms with Gasteiger partial charge in [-0.05, 0) is 25.1 Å². The van der Waals surface area contributed by atoms with Crippen LogP contribution in [0.15, 0.2) is 30.6 Å². The number of aryl methyl sites for hydroxylation is 1. The molecule has 3 rings (SSSR count). The maximum Gasteiger partial charge on any atom is 0.335 e.